The Balaban J connectivity index is 2.07. The maximum Gasteiger partial charge on any atom is 0.239 e. The maximum atomic E-state index is 11.5. The monoisotopic (exact) mass is 278 g/mol. The molecule has 0 radical (unpaired) electrons. The Labute approximate surface area is 119 Å². The van der Waals surface area contributed by atoms with E-state index in [0.717, 1.165) is 12.8 Å². The molecule has 0 unspecified atom stereocenters. The molecule has 0 aliphatic carbocycles. The van der Waals surface area contributed by atoms with Crippen LogP contribution in [-0.4, -0.2) is 36.6 Å². The summed E-state index contributed by atoms with van der Waals surface area (Å²) in [7, 11) is 0. The van der Waals surface area contributed by atoms with E-state index in [9.17, 15) is 9.59 Å². The highest BCUT2D eigenvalue weighted by atomic mass is 16.3. The van der Waals surface area contributed by atoms with E-state index in [0.29, 0.717) is 19.4 Å². The molecule has 0 saturated heterocycles. The fourth-order valence-corrected chi connectivity index (χ4v) is 1.73. The molecular formula is C15H22N2O3. The van der Waals surface area contributed by atoms with Crippen LogP contribution >= 0.6 is 0 Å². The first-order valence-electron chi connectivity index (χ1n) is 6.90. The van der Waals surface area contributed by atoms with Crippen molar-refractivity contribution < 1.29 is 14.7 Å². The molecule has 0 atom stereocenters. The van der Waals surface area contributed by atoms with E-state index in [1.807, 2.05) is 30.3 Å². The zero-order valence-corrected chi connectivity index (χ0v) is 11.6. The minimum Gasteiger partial charge on any atom is -0.396 e. The number of aliphatic hydroxyl groups is 1. The third-order valence-electron chi connectivity index (χ3n) is 2.82. The Hall–Kier alpha value is -1.88. The van der Waals surface area contributed by atoms with Gasteiger partial charge in [0.05, 0.1) is 6.54 Å². The summed E-state index contributed by atoms with van der Waals surface area (Å²) in [6.07, 6.45) is 2.56. The Morgan fingerprint density at radius 2 is 1.75 bits per heavy atom. The lowest BCUT2D eigenvalue weighted by Gasteiger charge is -2.06. The van der Waals surface area contributed by atoms with Crippen molar-refractivity contribution in [2.45, 2.75) is 25.7 Å². The molecule has 3 N–H and O–H groups in total. The number of carbonyl (C=O) groups is 2. The number of rotatable bonds is 9. The molecule has 0 aromatic heterocycles. The first-order valence-corrected chi connectivity index (χ1v) is 6.90. The van der Waals surface area contributed by atoms with Gasteiger partial charge in [-0.3, -0.25) is 9.59 Å². The summed E-state index contributed by atoms with van der Waals surface area (Å²) >= 11 is 0. The predicted molar refractivity (Wildman–Crippen MR) is 77.1 cm³/mol. The van der Waals surface area contributed by atoms with E-state index >= 15 is 0 Å². The molecule has 0 fully saturated rings. The van der Waals surface area contributed by atoms with Crippen LogP contribution in [0.15, 0.2) is 30.3 Å². The predicted octanol–water partition coefficient (Wildman–Crippen LogP) is 0.624. The number of benzene rings is 1. The van der Waals surface area contributed by atoms with Gasteiger partial charge < -0.3 is 15.7 Å². The molecule has 0 heterocycles. The van der Waals surface area contributed by atoms with Crippen molar-refractivity contribution in [2.75, 3.05) is 19.7 Å². The van der Waals surface area contributed by atoms with Crippen LogP contribution in [0.5, 0.6) is 0 Å². The fraction of sp³-hybridized carbons (Fsp3) is 0.467. The normalized spacial score (nSPS) is 10.1. The number of aryl methyl sites for hydroxylation is 1. The summed E-state index contributed by atoms with van der Waals surface area (Å²) in [4.78, 5) is 22.8. The van der Waals surface area contributed by atoms with Crippen molar-refractivity contribution in [1.82, 2.24) is 10.6 Å². The van der Waals surface area contributed by atoms with Gasteiger partial charge in [-0.2, -0.15) is 0 Å². The van der Waals surface area contributed by atoms with Gasteiger partial charge in [0, 0.05) is 19.6 Å². The lowest BCUT2D eigenvalue weighted by Crippen LogP contribution is -2.37. The van der Waals surface area contributed by atoms with E-state index in [1.54, 1.807) is 0 Å². The Morgan fingerprint density at radius 1 is 1.00 bits per heavy atom. The summed E-state index contributed by atoms with van der Waals surface area (Å²) in [5.74, 6) is -0.340. The lowest BCUT2D eigenvalue weighted by atomic mass is 10.1. The van der Waals surface area contributed by atoms with Crippen molar-refractivity contribution in [1.29, 1.82) is 0 Å². The minimum atomic E-state index is -0.227. The van der Waals surface area contributed by atoms with Gasteiger partial charge in [0.2, 0.25) is 11.8 Å². The Kier molecular flexibility index (Phi) is 8.07. The van der Waals surface area contributed by atoms with Crippen LogP contribution in [0.2, 0.25) is 0 Å². The van der Waals surface area contributed by atoms with Crippen molar-refractivity contribution in [2.24, 2.45) is 0 Å². The van der Waals surface area contributed by atoms with E-state index in [2.05, 4.69) is 10.6 Å². The van der Waals surface area contributed by atoms with E-state index in [1.165, 1.54) is 5.56 Å². The average molecular weight is 278 g/mol. The maximum absolute atomic E-state index is 11.5. The summed E-state index contributed by atoms with van der Waals surface area (Å²) in [6.45, 7) is 0.473. The first-order chi connectivity index (χ1) is 9.72. The van der Waals surface area contributed by atoms with Gasteiger partial charge >= 0.3 is 0 Å². The zero-order chi connectivity index (χ0) is 14.6. The molecule has 5 nitrogen and oxygen atoms in total. The van der Waals surface area contributed by atoms with Crippen LogP contribution in [0.4, 0.5) is 0 Å². The van der Waals surface area contributed by atoms with Crippen LogP contribution in [0, 0.1) is 0 Å². The van der Waals surface area contributed by atoms with Gasteiger partial charge in [-0.1, -0.05) is 30.3 Å². The molecule has 20 heavy (non-hydrogen) atoms. The van der Waals surface area contributed by atoms with Gasteiger partial charge in [-0.15, -0.1) is 0 Å². The Bertz CT molecular complexity index is 407. The second kappa shape index (κ2) is 9.97. The molecular weight excluding hydrogens is 256 g/mol. The van der Waals surface area contributed by atoms with Crippen LogP contribution in [0.1, 0.15) is 24.8 Å². The molecule has 0 spiro atoms. The van der Waals surface area contributed by atoms with Crippen LogP contribution in [0.3, 0.4) is 0 Å². The van der Waals surface area contributed by atoms with Gasteiger partial charge in [0.1, 0.15) is 0 Å². The number of carbonyl (C=O) groups excluding carboxylic acids is 2. The van der Waals surface area contributed by atoms with E-state index in [4.69, 9.17) is 5.11 Å². The number of nitrogens with one attached hydrogen (secondary N) is 2. The highest BCUT2D eigenvalue weighted by Gasteiger charge is 2.05. The first kappa shape index (κ1) is 16.2. The molecule has 1 rings (SSSR count). The largest absolute Gasteiger partial charge is 0.396 e. The summed E-state index contributed by atoms with van der Waals surface area (Å²) in [5.41, 5.74) is 1.21. The third-order valence-corrected chi connectivity index (χ3v) is 2.82. The topological polar surface area (TPSA) is 78.4 Å². The highest BCUT2D eigenvalue weighted by molar-refractivity contribution is 5.84. The standard InChI is InChI=1S/C15H22N2O3/c18-11-5-10-16-15(20)12-17-14(19)9-4-8-13-6-2-1-3-7-13/h1-3,6-7,18H,4-5,8-12H2,(H,16,20)(H,17,19). The SMILES string of the molecule is O=C(CCCc1ccccc1)NCC(=O)NCCCO. The molecule has 0 aliphatic rings. The molecule has 0 saturated carbocycles. The number of aliphatic hydroxyl groups excluding tert-OH is 1. The lowest BCUT2D eigenvalue weighted by molar-refractivity contribution is -0.126. The van der Waals surface area contributed by atoms with Gasteiger partial charge in [-0.25, -0.2) is 0 Å². The smallest absolute Gasteiger partial charge is 0.239 e. The third kappa shape index (κ3) is 7.53. The summed E-state index contributed by atoms with van der Waals surface area (Å²) in [6, 6.07) is 9.99. The molecule has 5 heteroatoms. The highest BCUT2D eigenvalue weighted by Crippen LogP contribution is 2.04. The van der Waals surface area contributed by atoms with Gasteiger partial charge in [0.15, 0.2) is 0 Å². The summed E-state index contributed by atoms with van der Waals surface area (Å²) < 4.78 is 0. The number of amides is 2. The summed E-state index contributed by atoms with van der Waals surface area (Å²) in [5, 5.41) is 13.8. The van der Waals surface area contributed by atoms with Crippen molar-refractivity contribution in [3.8, 4) is 0 Å². The molecule has 1 aromatic rings. The minimum absolute atomic E-state index is 0.00437. The molecule has 0 bridgehead atoms. The molecule has 0 aliphatic heterocycles. The fourth-order valence-electron chi connectivity index (χ4n) is 1.73. The van der Waals surface area contributed by atoms with Gasteiger partial charge in [-0.05, 0) is 24.8 Å². The van der Waals surface area contributed by atoms with Crippen molar-refractivity contribution in [3.05, 3.63) is 35.9 Å². The van der Waals surface area contributed by atoms with Crippen LogP contribution in [-0.2, 0) is 16.0 Å². The second-order valence-electron chi connectivity index (χ2n) is 4.54. The van der Waals surface area contributed by atoms with E-state index < -0.39 is 0 Å². The molecule has 1 aromatic carbocycles. The van der Waals surface area contributed by atoms with Crippen molar-refractivity contribution >= 4 is 11.8 Å². The number of hydrogen-bond acceptors (Lipinski definition) is 3. The van der Waals surface area contributed by atoms with Crippen molar-refractivity contribution in [3.63, 3.8) is 0 Å². The van der Waals surface area contributed by atoms with Crippen LogP contribution < -0.4 is 10.6 Å². The zero-order valence-electron chi connectivity index (χ0n) is 11.6. The van der Waals surface area contributed by atoms with Crippen LogP contribution in [0.25, 0.3) is 0 Å². The average Bonchev–Trinajstić information content (AvgIpc) is 2.46. The van der Waals surface area contributed by atoms with E-state index in [-0.39, 0.29) is 25.0 Å². The Morgan fingerprint density at radius 3 is 2.45 bits per heavy atom. The van der Waals surface area contributed by atoms with Gasteiger partial charge in [0.25, 0.3) is 0 Å². The molecule has 110 valence electrons. The quantitative estimate of drug-likeness (QED) is 0.580. The number of hydrogen-bond donors (Lipinski definition) is 3. The second-order valence-corrected chi connectivity index (χ2v) is 4.54. The molecule has 2 amide bonds.